The number of benzene rings is 1. The molecule has 19 heavy (non-hydrogen) atoms. The molecule has 0 heterocycles. The molecule has 1 aromatic rings. The number of hydrogen-bond acceptors (Lipinski definition) is 3. The molecule has 0 radical (unpaired) electrons. The van der Waals surface area contributed by atoms with Gasteiger partial charge < -0.3 is 15.3 Å². The summed E-state index contributed by atoms with van der Waals surface area (Å²) in [6.07, 6.45) is 1.59. The van der Waals surface area contributed by atoms with Gasteiger partial charge in [-0.1, -0.05) is 37.3 Å². The van der Waals surface area contributed by atoms with Gasteiger partial charge in [0.15, 0.2) is 0 Å². The van der Waals surface area contributed by atoms with E-state index in [0.29, 0.717) is 6.08 Å². The molecule has 104 valence electrons. The van der Waals surface area contributed by atoms with Gasteiger partial charge in [0.05, 0.1) is 12.2 Å². The molecule has 0 aliphatic carbocycles. The van der Waals surface area contributed by atoms with Crippen molar-refractivity contribution < 1.29 is 20.1 Å². The van der Waals surface area contributed by atoms with Crippen molar-refractivity contribution in [2.75, 3.05) is 0 Å². The van der Waals surface area contributed by atoms with Crippen LogP contribution in [0.5, 0.6) is 0 Å². The number of aliphatic hydroxyl groups excluding tert-OH is 2. The fraction of sp³-hybridized carbons (Fsp3) is 0.400. The number of rotatable bonds is 7. The summed E-state index contributed by atoms with van der Waals surface area (Å²) in [5.74, 6) is -1.52. The molecule has 0 aromatic heterocycles. The predicted molar refractivity (Wildman–Crippen MR) is 72.9 cm³/mol. The maximum atomic E-state index is 10.4. The normalized spacial score (nSPS) is 14.9. The van der Waals surface area contributed by atoms with Crippen molar-refractivity contribution in [2.24, 2.45) is 5.92 Å². The molecule has 0 amide bonds. The molecule has 1 rings (SSSR count). The zero-order valence-electron chi connectivity index (χ0n) is 11.0. The van der Waals surface area contributed by atoms with Crippen LogP contribution in [-0.2, 0) is 11.2 Å². The third-order valence-corrected chi connectivity index (χ3v) is 3.10. The molecule has 4 heteroatoms. The highest BCUT2D eigenvalue weighted by Crippen LogP contribution is 2.17. The molecule has 4 nitrogen and oxygen atoms in total. The molecule has 0 aliphatic heterocycles. The smallest absolute Gasteiger partial charge is 0.331 e. The van der Waals surface area contributed by atoms with Crippen molar-refractivity contribution in [1.29, 1.82) is 0 Å². The van der Waals surface area contributed by atoms with Crippen LogP contribution in [-0.4, -0.2) is 27.4 Å². The molecule has 2 unspecified atom stereocenters. The average molecular weight is 264 g/mol. The van der Waals surface area contributed by atoms with Crippen LogP contribution in [0, 0.1) is 5.92 Å². The molecule has 0 bridgehead atoms. The highest BCUT2D eigenvalue weighted by atomic mass is 16.4. The number of hydrogen-bond donors (Lipinski definition) is 3. The van der Waals surface area contributed by atoms with Gasteiger partial charge in [0.1, 0.15) is 5.76 Å². The lowest BCUT2D eigenvalue weighted by Gasteiger charge is -2.18. The summed E-state index contributed by atoms with van der Waals surface area (Å²) in [5.41, 5.74) is 1.20. The van der Waals surface area contributed by atoms with Crippen LogP contribution in [0.15, 0.2) is 42.2 Å². The summed E-state index contributed by atoms with van der Waals surface area (Å²) >= 11 is 0. The molecule has 0 saturated carbocycles. The molecule has 0 saturated heterocycles. The fourth-order valence-electron chi connectivity index (χ4n) is 1.85. The van der Waals surface area contributed by atoms with Crippen molar-refractivity contribution >= 4 is 5.97 Å². The summed E-state index contributed by atoms with van der Waals surface area (Å²) in [5, 5.41) is 27.7. The van der Waals surface area contributed by atoms with Gasteiger partial charge in [0.25, 0.3) is 0 Å². The molecule has 1 aromatic carbocycles. The SMILES string of the molecule is CC(CCc1ccccc1)C(O)CC(O)=CC(=O)O. The second-order valence-corrected chi connectivity index (χ2v) is 4.75. The van der Waals surface area contributed by atoms with Crippen molar-refractivity contribution in [2.45, 2.75) is 32.3 Å². The Balaban J connectivity index is 2.40. The van der Waals surface area contributed by atoms with Gasteiger partial charge in [-0.05, 0) is 24.3 Å². The minimum absolute atomic E-state index is 0.00967. The van der Waals surface area contributed by atoms with Crippen molar-refractivity contribution in [3.05, 3.63) is 47.7 Å². The highest BCUT2D eigenvalue weighted by Gasteiger charge is 2.16. The molecular weight excluding hydrogens is 244 g/mol. The quantitative estimate of drug-likeness (QED) is 0.522. The topological polar surface area (TPSA) is 77.8 Å². The highest BCUT2D eigenvalue weighted by molar-refractivity contribution is 5.80. The van der Waals surface area contributed by atoms with Crippen LogP contribution in [0.2, 0.25) is 0 Å². The summed E-state index contributed by atoms with van der Waals surface area (Å²) < 4.78 is 0. The number of aliphatic hydroxyl groups is 2. The first kappa shape index (κ1) is 15.2. The number of carboxylic acid groups (broad SMARTS) is 1. The Kier molecular flexibility index (Phi) is 6.09. The Labute approximate surface area is 113 Å². The van der Waals surface area contributed by atoms with Crippen molar-refractivity contribution in [1.82, 2.24) is 0 Å². The Morgan fingerprint density at radius 1 is 1.26 bits per heavy atom. The Bertz CT molecular complexity index is 425. The summed E-state index contributed by atoms with van der Waals surface area (Å²) in [4.78, 5) is 10.4. The first-order valence-corrected chi connectivity index (χ1v) is 6.33. The van der Waals surface area contributed by atoms with E-state index in [-0.39, 0.29) is 18.1 Å². The Hall–Kier alpha value is -1.81. The van der Waals surface area contributed by atoms with E-state index in [9.17, 15) is 15.0 Å². The molecule has 0 aliphatic rings. The van der Waals surface area contributed by atoms with Crippen LogP contribution >= 0.6 is 0 Å². The van der Waals surface area contributed by atoms with Gasteiger partial charge >= 0.3 is 5.97 Å². The third-order valence-electron chi connectivity index (χ3n) is 3.10. The number of carbonyl (C=O) groups is 1. The first-order chi connectivity index (χ1) is 8.99. The van der Waals surface area contributed by atoms with Gasteiger partial charge in [-0.15, -0.1) is 0 Å². The van der Waals surface area contributed by atoms with Gasteiger partial charge in [0, 0.05) is 6.42 Å². The lowest BCUT2D eigenvalue weighted by Crippen LogP contribution is -2.19. The van der Waals surface area contributed by atoms with Gasteiger partial charge in [-0.25, -0.2) is 4.79 Å². The second kappa shape index (κ2) is 7.59. The van der Waals surface area contributed by atoms with Crippen LogP contribution in [0.3, 0.4) is 0 Å². The molecule has 0 fully saturated rings. The molecule has 3 N–H and O–H groups in total. The fourth-order valence-corrected chi connectivity index (χ4v) is 1.85. The number of aliphatic carboxylic acids is 1. The molecular formula is C15H20O4. The van der Waals surface area contributed by atoms with E-state index >= 15 is 0 Å². The lowest BCUT2D eigenvalue weighted by molar-refractivity contribution is -0.131. The zero-order valence-corrected chi connectivity index (χ0v) is 11.0. The Morgan fingerprint density at radius 2 is 1.89 bits per heavy atom. The van der Waals surface area contributed by atoms with E-state index in [1.165, 1.54) is 5.56 Å². The van der Waals surface area contributed by atoms with Crippen LogP contribution in [0.1, 0.15) is 25.3 Å². The summed E-state index contributed by atoms with van der Waals surface area (Å²) in [7, 11) is 0. The molecule has 0 spiro atoms. The predicted octanol–water partition coefficient (Wildman–Crippen LogP) is 2.53. The first-order valence-electron chi connectivity index (χ1n) is 6.33. The van der Waals surface area contributed by atoms with E-state index in [2.05, 4.69) is 0 Å². The largest absolute Gasteiger partial charge is 0.512 e. The summed E-state index contributed by atoms with van der Waals surface area (Å²) in [6.45, 7) is 1.89. The monoisotopic (exact) mass is 264 g/mol. The van der Waals surface area contributed by atoms with Gasteiger partial charge in [-0.2, -0.15) is 0 Å². The third kappa shape index (κ3) is 6.06. The van der Waals surface area contributed by atoms with Crippen LogP contribution < -0.4 is 0 Å². The van der Waals surface area contributed by atoms with E-state index in [4.69, 9.17) is 5.11 Å². The maximum Gasteiger partial charge on any atom is 0.331 e. The minimum atomic E-state index is -1.21. The number of carboxylic acids is 1. The zero-order chi connectivity index (χ0) is 14.3. The number of aryl methyl sites for hydroxylation is 1. The standard InChI is InChI=1S/C15H20O4/c1-11(7-8-12-5-3-2-4-6-12)14(17)9-13(16)10-15(18)19/h2-6,10-11,14,16-17H,7-9H2,1H3,(H,18,19). The second-order valence-electron chi connectivity index (χ2n) is 4.75. The average Bonchev–Trinajstić information content (AvgIpc) is 2.36. The van der Waals surface area contributed by atoms with Crippen molar-refractivity contribution in [3.8, 4) is 0 Å². The lowest BCUT2D eigenvalue weighted by atomic mass is 9.94. The van der Waals surface area contributed by atoms with E-state index in [0.717, 1.165) is 12.8 Å². The summed E-state index contributed by atoms with van der Waals surface area (Å²) in [6, 6.07) is 9.95. The molecule has 2 atom stereocenters. The Morgan fingerprint density at radius 3 is 2.47 bits per heavy atom. The van der Waals surface area contributed by atoms with E-state index in [1.54, 1.807) is 0 Å². The minimum Gasteiger partial charge on any atom is -0.512 e. The van der Waals surface area contributed by atoms with Gasteiger partial charge in [-0.3, -0.25) is 0 Å². The van der Waals surface area contributed by atoms with Gasteiger partial charge in [0.2, 0.25) is 0 Å². The van der Waals surface area contributed by atoms with Crippen LogP contribution in [0.4, 0.5) is 0 Å². The van der Waals surface area contributed by atoms with Crippen molar-refractivity contribution in [3.63, 3.8) is 0 Å². The van der Waals surface area contributed by atoms with Crippen LogP contribution in [0.25, 0.3) is 0 Å². The van der Waals surface area contributed by atoms with E-state index in [1.807, 2.05) is 37.3 Å². The van der Waals surface area contributed by atoms with E-state index < -0.39 is 12.1 Å². The maximum absolute atomic E-state index is 10.4.